The molecule has 2 aromatic carbocycles. The van der Waals surface area contributed by atoms with Crippen molar-refractivity contribution in [2.45, 2.75) is 10.9 Å². The molecule has 0 radical (unpaired) electrons. The van der Waals surface area contributed by atoms with Gasteiger partial charge in [0.1, 0.15) is 11.8 Å². The average molecular weight is 461 g/mol. The highest BCUT2D eigenvalue weighted by atomic mass is 35.5. The van der Waals surface area contributed by atoms with E-state index in [9.17, 15) is 13.2 Å². The lowest BCUT2D eigenvalue weighted by Gasteiger charge is -2.26. The molecule has 1 atom stereocenters. The molecule has 7 nitrogen and oxygen atoms in total. The van der Waals surface area contributed by atoms with E-state index in [0.29, 0.717) is 19.0 Å². The highest BCUT2D eigenvalue weighted by Crippen LogP contribution is 2.27. The number of morpholine rings is 1. The Morgan fingerprint density at radius 3 is 2.45 bits per heavy atom. The first-order valence-corrected chi connectivity index (χ1v) is 11.6. The molecular weight excluding hydrogens is 440 g/mol. The predicted molar refractivity (Wildman–Crippen MR) is 115 cm³/mol. The van der Waals surface area contributed by atoms with Gasteiger partial charge in [0.2, 0.25) is 10.0 Å². The van der Waals surface area contributed by atoms with Gasteiger partial charge in [0.25, 0.3) is 5.91 Å². The highest BCUT2D eigenvalue weighted by molar-refractivity contribution is 7.89. The van der Waals surface area contributed by atoms with E-state index >= 15 is 0 Å². The number of furan rings is 1. The number of hydrogen-bond acceptors (Lipinski definition) is 5. The zero-order chi connectivity index (χ0) is 21.8. The average Bonchev–Trinajstić information content (AvgIpc) is 3.33. The molecule has 9 heteroatoms. The Labute approximate surface area is 185 Å². The van der Waals surface area contributed by atoms with Crippen LogP contribution in [0.5, 0.6) is 0 Å². The Bertz CT molecular complexity index is 1140. The van der Waals surface area contributed by atoms with Gasteiger partial charge in [-0.1, -0.05) is 41.9 Å². The Balaban J connectivity index is 1.64. The minimum atomic E-state index is -3.76. The van der Waals surface area contributed by atoms with Crippen LogP contribution in [0.1, 0.15) is 27.7 Å². The first-order chi connectivity index (χ1) is 15.0. The molecule has 3 aromatic rings. The molecule has 0 bridgehead atoms. The van der Waals surface area contributed by atoms with Gasteiger partial charge in [-0.05, 0) is 35.9 Å². The zero-order valence-corrected chi connectivity index (χ0v) is 18.1. The molecule has 1 aliphatic rings. The van der Waals surface area contributed by atoms with Gasteiger partial charge in [-0.3, -0.25) is 4.79 Å². The molecule has 1 aromatic heterocycles. The van der Waals surface area contributed by atoms with E-state index in [2.05, 4.69) is 5.32 Å². The van der Waals surface area contributed by atoms with Gasteiger partial charge in [0, 0.05) is 13.1 Å². The summed E-state index contributed by atoms with van der Waals surface area (Å²) in [7, 11) is -3.76. The summed E-state index contributed by atoms with van der Waals surface area (Å²) in [6, 6.07) is 16.4. The SMILES string of the molecule is O=C(NC(c1ccccc1)c1ccco1)c1cc(S(=O)(=O)N2CCOCC2)ccc1Cl. The maximum absolute atomic E-state index is 13.1. The summed E-state index contributed by atoms with van der Waals surface area (Å²) in [5.41, 5.74) is 0.891. The molecule has 1 N–H and O–H groups in total. The van der Waals surface area contributed by atoms with E-state index in [0.717, 1.165) is 5.56 Å². The number of nitrogens with one attached hydrogen (secondary N) is 1. The number of sulfonamides is 1. The number of rotatable bonds is 6. The Morgan fingerprint density at radius 1 is 1.03 bits per heavy atom. The van der Waals surface area contributed by atoms with Crippen molar-refractivity contribution < 1.29 is 22.4 Å². The molecule has 1 saturated heterocycles. The van der Waals surface area contributed by atoms with Gasteiger partial charge in [-0.2, -0.15) is 4.31 Å². The molecule has 31 heavy (non-hydrogen) atoms. The van der Waals surface area contributed by atoms with Gasteiger partial charge < -0.3 is 14.5 Å². The van der Waals surface area contributed by atoms with E-state index < -0.39 is 22.0 Å². The molecular formula is C22H21ClN2O5S. The molecule has 1 amide bonds. The van der Waals surface area contributed by atoms with Gasteiger partial charge in [-0.15, -0.1) is 0 Å². The number of ether oxygens (including phenoxy) is 1. The van der Waals surface area contributed by atoms with Gasteiger partial charge in [0.05, 0.1) is 35.0 Å². The van der Waals surface area contributed by atoms with Crippen LogP contribution in [0.25, 0.3) is 0 Å². The van der Waals surface area contributed by atoms with Crippen LogP contribution in [0.4, 0.5) is 0 Å². The second-order valence-electron chi connectivity index (χ2n) is 6.99. The van der Waals surface area contributed by atoms with Crippen LogP contribution in [0.15, 0.2) is 76.2 Å². The maximum Gasteiger partial charge on any atom is 0.253 e. The largest absolute Gasteiger partial charge is 0.467 e. The number of carbonyl (C=O) groups is 1. The predicted octanol–water partition coefficient (Wildman–Crippen LogP) is 3.47. The van der Waals surface area contributed by atoms with Crippen LogP contribution >= 0.6 is 11.6 Å². The number of benzene rings is 2. The monoisotopic (exact) mass is 460 g/mol. The Hall–Kier alpha value is -2.65. The summed E-state index contributed by atoms with van der Waals surface area (Å²) in [6.45, 7) is 1.20. The molecule has 2 heterocycles. The first-order valence-electron chi connectivity index (χ1n) is 9.73. The van der Waals surface area contributed by atoms with E-state index in [1.165, 1.54) is 28.8 Å². The second-order valence-corrected chi connectivity index (χ2v) is 9.34. The van der Waals surface area contributed by atoms with Crippen LogP contribution in [0, 0.1) is 0 Å². The minimum absolute atomic E-state index is 0.0122. The number of carbonyl (C=O) groups excluding carboxylic acids is 1. The molecule has 4 rings (SSSR count). The lowest BCUT2D eigenvalue weighted by Crippen LogP contribution is -2.40. The lowest BCUT2D eigenvalue weighted by atomic mass is 10.0. The standard InChI is InChI=1S/C22H21ClN2O5S/c23-19-9-8-17(31(27,28)25-10-13-29-14-11-25)15-18(19)22(26)24-21(20-7-4-12-30-20)16-5-2-1-3-6-16/h1-9,12,15,21H,10-11,13-14H2,(H,24,26). The number of hydrogen-bond donors (Lipinski definition) is 1. The smallest absolute Gasteiger partial charge is 0.253 e. The summed E-state index contributed by atoms with van der Waals surface area (Å²) in [4.78, 5) is 13.1. The Morgan fingerprint density at radius 2 is 1.77 bits per heavy atom. The van der Waals surface area contributed by atoms with Gasteiger partial charge in [-0.25, -0.2) is 8.42 Å². The van der Waals surface area contributed by atoms with Crippen molar-refractivity contribution >= 4 is 27.5 Å². The number of amides is 1. The van der Waals surface area contributed by atoms with Crippen molar-refractivity contribution in [3.8, 4) is 0 Å². The highest BCUT2D eigenvalue weighted by Gasteiger charge is 2.28. The zero-order valence-electron chi connectivity index (χ0n) is 16.5. The third kappa shape index (κ3) is 4.67. The topological polar surface area (TPSA) is 88.8 Å². The van der Waals surface area contributed by atoms with Crippen LogP contribution in [-0.4, -0.2) is 44.9 Å². The normalized spacial score (nSPS) is 16.0. The van der Waals surface area contributed by atoms with Crippen molar-refractivity contribution in [1.82, 2.24) is 9.62 Å². The van der Waals surface area contributed by atoms with Crippen LogP contribution in [-0.2, 0) is 14.8 Å². The molecule has 0 spiro atoms. The van der Waals surface area contributed by atoms with Crippen molar-refractivity contribution in [2.75, 3.05) is 26.3 Å². The van der Waals surface area contributed by atoms with Gasteiger partial charge in [0.15, 0.2) is 0 Å². The van der Waals surface area contributed by atoms with Crippen molar-refractivity contribution in [1.29, 1.82) is 0 Å². The van der Waals surface area contributed by atoms with Crippen LogP contribution in [0.3, 0.4) is 0 Å². The van der Waals surface area contributed by atoms with E-state index in [1.54, 1.807) is 12.1 Å². The third-order valence-corrected chi connectivity index (χ3v) is 7.25. The summed E-state index contributed by atoms with van der Waals surface area (Å²) in [6.07, 6.45) is 1.53. The molecule has 1 fully saturated rings. The fourth-order valence-electron chi connectivity index (χ4n) is 3.40. The number of halogens is 1. The molecule has 162 valence electrons. The third-order valence-electron chi connectivity index (χ3n) is 5.03. The van der Waals surface area contributed by atoms with Crippen LogP contribution in [0.2, 0.25) is 5.02 Å². The van der Waals surface area contributed by atoms with E-state index in [1.807, 2.05) is 30.3 Å². The maximum atomic E-state index is 13.1. The van der Waals surface area contributed by atoms with E-state index in [4.69, 9.17) is 20.8 Å². The summed E-state index contributed by atoms with van der Waals surface area (Å²) < 4.78 is 38.1. The number of nitrogens with zero attached hydrogens (tertiary/aromatic N) is 1. The second kappa shape index (κ2) is 9.23. The summed E-state index contributed by atoms with van der Waals surface area (Å²) >= 11 is 6.27. The Kier molecular flexibility index (Phi) is 6.43. The van der Waals surface area contributed by atoms with E-state index in [-0.39, 0.29) is 28.6 Å². The van der Waals surface area contributed by atoms with Crippen molar-refractivity contribution in [3.63, 3.8) is 0 Å². The minimum Gasteiger partial charge on any atom is -0.467 e. The molecule has 0 saturated carbocycles. The molecule has 1 unspecified atom stereocenters. The molecule has 1 aliphatic heterocycles. The summed E-state index contributed by atoms with van der Waals surface area (Å²) in [5, 5.41) is 3.06. The van der Waals surface area contributed by atoms with Crippen molar-refractivity contribution in [2.24, 2.45) is 0 Å². The lowest BCUT2D eigenvalue weighted by molar-refractivity contribution is 0.0730. The first kappa shape index (κ1) is 21.6. The van der Waals surface area contributed by atoms with Crippen LogP contribution < -0.4 is 5.32 Å². The molecule has 0 aliphatic carbocycles. The fourth-order valence-corrected chi connectivity index (χ4v) is 5.04. The summed E-state index contributed by atoms with van der Waals surface area (Å²) in [5.74, 6) is 0.0436. The fraction of sp³-hybridized carbons (Fsp3) is 0.227. The van der Waals surface area contributed by atoms with Crippen molar-refractivity contribution in [3.05, 3.63) is 88.8 Å². The van der Waals surface area contributed by atoms with Gasteiger partial charge >= 0.3 is 0 Å². The quantitative estimate of drug-likeness (QED) is 0.608.